The zero-order valence-corrected chi connectivity index (χ0v) is 29.9. The fraction of sp³-hybridized carbons (Fsp3) is 0.583. The van der Waals surface area contributed by atoms with E-state index in [1.165, 1.54) is 30.4 Å². The van der Waals surface area contributed by atoms with Crippen molar-refractivity contribution in [3.05, 3.63) is 33.8 Å². The minimum atomic E-state index is -0.792. The Balaban J connectivity index is 2.36. The Kier molecular flexibility index (Phi) is 15.9. The van der Waals surface area contributed by atoms with Gasteiger partial charge in [0.25, 0.3) is 5.91 Å². The van der Waals surface area contributed by atoms with Crippen LogP contribution in [0.15, 0.2) is 17.5 Å². The zero-order chi connectivity index (χ0) is 36.0. The third kappa shape index (κ3) is 12.5. The Hall–Kier alpha value is -4.11. The number of ether oxygens (including phenoxy) is 1. The molecule has 3 unspecified atom stereocenters. The summed E-state index contributed by atoms with van der Waals surface area (Å²) in [4.78, 5) is 57.4. The van der Waals surface area contributed by atoms with E-state index in [0.717, 1.165) is 32.0 Å². The lowest BCUT2D eigenvalue weighted by molar-refractivity contribution is -0.148. The van der Waals surface area contributed by atoms with E-state index < -0.39 is 29.4 Å². The number of nitrogen functional groups attached to an aromatic ring is 1. The smallest absolute Gasteiger partial charge is 0.303 e. The highest BCUT2D eigenvalue weighted by Gasteiger charge is 2.33. The van der Waals surface area contributed by atoms with Crippen LogP contribution in [-0.4, -0.2) is 62.8 Å². The van der Waals surface area contributed by atoms with Crippen molar-refractivity contribution in [2.24, 2.45) is 11.3 Å². The number of anilines is 1. The van der Waals surface area contributed by atoms with Crippen LogP contribution in [0.1, 0.15) is 120 Å². The molecule has 0 spiro atoms. The minimum absolute atomic E-state index is 0.0399. The average Bonchev–Trinajstić information content (AvgIpc) is 3.51. The summed E-state index contributed by atoms with van der Waals surface area (Å²) in [7, 11) is 0. The second kappa shape index (κ2) is 19.0. The molecule has 11 nitrogen and oxygen atoms in total. The molecule has 48 heavy (non-hydrogen) atoms. The van der Waals surface area contributed by atoms with Gasteiger partial charge in [0.05, 0.1) is 0 Å². The minimum Gasteiger partial charge on any atom is -0.506 e. The van der Waals surface area contributed by atoms with E-state index in [1.54, 1.807) is 19.2 Å². The molecule has 0 aliphatic rings. The van der Waals surface area contributed by atoms with Crippen LogP contribution in [0, 0.1) is 23.7 Å². The highest BCUT2D eigenvalue weighted by Crippen LogP contribution is 2.34. The number of hydrogen-bond donors (Lipinski definition) is 4. The predicted octanol–water partition coefficient (Wildman–Crippen LogP) is 5.93. The third-order valence-electron chi connectivity index (χ3n) is 8.10. The van der Waals surface area contributed by atoms with Gasteiger partial charge >= 0.3 is 5.97 Å². The van der Waals surface area contributed by atoms with Gasteiger partial charge < -0.3 is 35.7 Å². The first kappa shape index (κ1) is 40.1. The maximum absolute atomic E-state index is 13.5. The predicted molar refractivity (Wildman–Crippen MR) is 187 cm³/mol. The van der Waals surface area contributed by atoms with Crippen LogP contribution >= 0.6 is 11.3 Å². The Bertz CT molecular complexity index is 1410. The number of esters is 1. The normalized spacial score (nSPS) is 13.3. The number of aldehydes is 1. The lowest BCUT2D eigenvalue weighted by atomic mass is 9.85. The Morgan fingerprint density at radius 1 is 1.19 bits per heavy atom. The second-order valence-corrected chi connectivity index (χ2v) is 14.2. The van der Waals surface area contributed by atoms with Gasteiger partial charge in [-0.2, -0.15) is 0 Å². The van der Waals surface area contributed by atoms with E-state index in [2.05, 4.69) is 16.2 Å². The number of nitrogens with zero attached hydrogens (tertiary/aromatic N) is 2. The third-order valence-corrected chi connectivity index (χ3v) is 9.04. The van der Waals surface area contributed by atoms with Gasteiger partial charge in [0, 0.05) is 55.6 Å². The SMILES string of the molecule is C#CCCCCN(C(=O)CCCC)C(CC(OC(C)=O)c1nc(C(=O)NC(Cc2cc(O)c(N)c(O)c2)CC(C)(C)C=O)cs1)C(C)C. The van der Waals surface area contributed by atoms with Gasteiger partial charge in [0.1, 0.15) is 34.2 Å². The molecule has 0 radical (unpaired) electrons. The molecule has 2 rings (SSSR count). The topological polar surface area (TPSA) is 172 Å². The van der Waals surface area contributed by atoms with Gasteiger partial charge in [-0.15, -0.1) is 23.7 Å². The van der Waals surface area contributed by atoms with Crippen LogP contribution < -0.4 is 11.1 Å². The molecule has 0 aliphatic heterocycles. The monoisotopic (exact) mass is 684 g/mol. The molecule has 0 aliphatic carbocycles. The van der Waals surface area contributed by atoms with Gasteiger partial charge in [-0.3, -0.25) is 14.4 Å². The number of carbonyl (C=O) groups is 4. The molecular formula is C36H52N4O7S. The van der Waals surface area contributed by atoms with Crippen LogP contribution in [0.3, 0.4) is 0 Å². The first-order chi connectivity index (χ1) is 22.6. The van der Waals surface area contributed by atoms with Crippen LogP contribution in [-0.2, 0) is 25.5 Å². The number of terminal acetylenes is 1. The van der Waals surface area contributed by atoms with Gasteiger partial charge in [-0.1, -0.05) is 41.0 Å². The molecule has 3 atom stereocenters. The lowest BCUT2D eigenvalue weighted by Gasteiger charge is -2.36. The summed E-state index contributed by atoms with van der Waals surface area (Å²) in [6, 6.07) is 1.98. The number of thiazole rings is 1. The largest absolute Gasteiger partial charge is 0.506 e. The fourth-order valence-corrected chi connectivity index (χ4v) is 6.41. The van der Waals surface area contributed by atoms with Gasteiger partial charge in [0.15, 0.2) is 6.10 Å². The van der Waals surface area contributed by atoms with Crippen molar-refractivity contribution in [1.82, 2.24) is 15.2 Å². The van der Waals surface area contributed by atoms with E-state index in [4.69, 9.17) is 16.9 Å². The van der Waals surface area contributed by atoms with Crippen molar-refractivity contribution in [3.8, 4) is 23.8 Å². The number of unbranched alkanes of at least 4 members (excludes halogenated alkanes) is 3. The number of hydrogen-bond acceptors (Lipinski definition) is 10. The van der Waals surface area contributed by atoms with Gasteiger partial charge in [-0.25, -0.2) is 4.98 Å². The standard InChI is InChI=1S/C36H52N4O7S/c1-8-10-12-13-15-40(32(45)14-11-9-2)28(23(3)4)19-31(47-24(5)42)35-39-27(21-48-35)34(46)38-26(20-36(6,7)22-41)16-25-17-29(43)33(37)30(44)18-25/h1,17-18,21-23,26,28,31,43-44H,9-16,19-20,37H2,2-7H3,(H,38,46). The second-order valence-electron chi connectivity index (χ2n) is 13.3. The number of nitrogens with one attached hydrogen (secondary N) is 1. The van der Waals surface area contributed by atoms with E-state index >= 15 is 0 Å². The molecule has 1 aromatic carbocycles. The summed E-state index contributed by atoms with van der Waals surface area (Å²) in [6.45, 7) is 11.4. The van der Waals surface area contributed by atoms with Crippen molar-refractivity contribution in [2.45, 2.75) is 118 Å². The maximum Gasteiger partial charge on any atom is 0.303 e. The summed E-state index contributed by atoms with van der Waals surface area (Å²) >= 11 is 1.18. The highest BCUT2D eigenvalue weighted by atomic mass is 32.1. The number of phenols is 2. The van der Waals surface area contributed by atoms with Gasteiger partial charge in [0.2, 0.25) is 5.91 Å². The summed E-state index contributed by atoms with van der Waals surface area (Å²) in [5, 5.41) is 25.2. The number of benzene rings is 1. The Morgan fingerprint density at radius 2 is 1.85 bits per heavy atom. The lowest BCUT2D eigenvalue weighted by Crippen LogP contribution is -2.45. The first-order valence-corrected chi connectivity index (χ1v) is 17.4. The number of aromatic nitrogens is 1. The summed E-state index contributed by atoms with van der Waals surface area (Å²) in [5.74, 6) is 1.15. The number of carbonyl (C=O) groups excluding carboxylic acids is 4. The molecule has 0 bridgehead atoms. The molecular weight excluding hydrogens is 632 g/mol. The van der Waals surface area contributed by atoms with E-state index in [0.29, 0.717) is 36.4 Å². The summed E-state index contributed by atoms with van der Waals surface area (Å²) < 4.78 is 5.75. The van der Waals surface area contributed by atoms with Crippen molar-refractivity contribution in [2.75, 3.05) is 12.3 Å². The average molecular weight is 685 g/mol. The molecule has 1 aromatic heterocycles. The van der Waals surface area contributed by atoms with Gasteiger partial charge in [-0.05, 0) is 55.7 Å². The van der Waals surface area contributed by atoms with Crippen LogP contribution in [0.4, 0.5) is 5.69 Å². The van der Waals surface area contributed by atoms with Crippen molar-refractivity contribution >= 4 is 41.1 Å². The summed E-state index contributed by atoms with van der Waals surface area (Å²) in [5.41, 5.74) is 5.35. The van der Waals surface area contributed by atoms with Crippen molar-refractivity contribution in [3.63, 3.8) is 0 Å². The van der Waals surface area contributed by atoms with Crippen LogP contribution in [0.2, 0.25) is 0 Å². The number of aromatic hydroxyl groups is 2. The van der Waals surface area contributed by atoms with Crippen LogP contribution in [0.5, 0.6) is 11.5 Å². The molecule has 2 amide bonds. The quantitative estimate of drug-likeness (QED) is 0.0329. The number of phenolic OH excluding ortho intramolecular Hbond substituents is 2. The molecule has 1 heterocycles. The fourth-order valence-electron chi connectivity index (χ4n) is 5.57. The zero-order valence-electron chi connectivity index (χ0n) is 29.1. The molecule has 0 fully saturated rings. The van der Waals surface area contributed by atoms with Crippen LogP contribution in [0.25, 0.3) is 0 Å². The molecule has 0 saturated heterocycles. The van der Waals surface area contributed by atoms with Crippen molar-refractivity contribution < 1.29 is 34.1 Å². The molecule has 264 valence electrons. The van der Waals surface area contributed by atoms with E-state index in [9.17, 15) is 29.4 Å². The van der Waals surface area contributed by atoms with E-state index in [1.807, 2.05) is 25.7 Å². The Morgan fingerprint density at radius 3 is 2.42 bits per heavy atom. The number of rotatable bonds is 20. The van der Waals surface area contributed by atoms with Crippen molar-refractivity contribution in [1.29, 1.82) is 0 Å². The first-order valence-electron chi connectivity index (χ1n) is 16.5. The summed E-state index contributed by atoms with van der Waals surface area (Å²) in [6.07, 6.45) is 10.5. The molecule has 2 aromatic rings. The molecule has 5 N–H and O–H groups in total. The Labute approximate surface area is 288 Å². The highest BCUT2D eigenvalue weighted by molar-refractivity contribution is 7.09. The number of nitrogens with two attached hydrogens (primary N) is 1. The maximum atomic E-state index is 13.5. The molecule has 0 saturated carbocycles. The number of amides is 2. The van der Waals surface area contributed by atoms with E-state index in [-0.39, 0.29) is 53.6 Å². The molecule has 12 heteroatoms.